The first-order valence-corrected chi connectivity index (χ1v) is 12.9. The molecule has 0 saturated carbocycles. The number of β-lactam (4-membered cyclic amide) rings is 1. The number of esters is 1. The Bertz CT molecular complexity index is 1080. The lowest BCUT2D eigenvalue weighted by Crippen LogP contribution is -2.70. The lowest BCUT2D eigenvalue weighted by atomic mass is 9.96. The van der Waals surface area contributed by atoms with Crippen molar-refractivity contribution in [1.29, 1.82) is 0 Å². The van der Waals surface area contributed by atoms with Crippen LogP contribution in [0.5, 0.6) is 0 Å². The standard InChI is InChI=1S/C22H33N5O10S/c1-21(2,3)37-20(34)23-11-16(32)27-15(22(4,5)38-18(11)27)19(33)35-8-9-6-26(25-24-9)17-14(31)13(30)12(29)10(7-28)36-17/h6,10-15,17-18,28-31H,7-8H2,1-5H3,(H,23,34)/t10-,11-,12-,13+,14-,15+,17-,18-/m1/s1. The SMILES string of the molecule is CC(C)(C)OC(=O)N[C@@H]1C(=O)N2[C@@H]1SC(C)(C)[C@@H]2C(=O)OCc1cn([C@@H]2O[C@H](CO)[C@@H](O)[C@H](O)[C@H]2O)nn1. The molecule has 0 unspecified atom stereocenters. The largest absolute Gasteiger partial charge is 0.457 e. The van der Waals surface area contributed by atoms with E-state index in [0.29, 0.717) is 0 Å². The van der Waals surface area contributed by atoms with Gasteiger partial charge in [-0.3, -0.25) is 4.79 Å². The summed E-state index contributed by atoms with van der Waals surface area (Å²) in [6.07, 6.45) is -6.43. The number of hydrogen-bond donors (Lipinski definition) is 5. The Hall–Kier alpha value is -2.50. The molecule has 0 spiro atoms. The normalized spacial score (nSPS) is 34.3. The molecule has 5 N–H and O–H groups in total. The number of carbonyl (C=O) groups excluding carboxylic acids is 3. The maximum atomic E-state index is 13.1. The third kappa shape index (κ3) is 5.33. The quantitative estimate of drug-likeness (QED) is 0.194. The number of nitrogens with one attached hydrogen (secondary N) is 1. The molecule has 2 amide bonds. The van der Waals surface area contributed by atoms with E-state index in [1.807, 2.05) is 0 Å². The minimum Gasteiger partial charge on any atom is -0.457 e. The zero-order chi connectivity index (χ0) is 28.2. The molecule has 38 heavy (non-hydrogen) atoms. The fraction of sp³-hybridized carbons (Fsp3) is 0.773. The molecule has 16 heteroatoms. The molecule has 3 aliphatic rings. The van der Waals surface area contributed by atoms with Crippen molar-refractivity contribution in [3.05, 3.63) is 11.9 Å². The Morgan fingerprint density at radius 1 is 1.21 bits per heavy atom. The van der Waals surface area contributed by atoms with E-state index in [0.717, 1.165) is 4.68 Å². The van der Waals surface area contributed by atoms with Crippen molar-refractivity contribution in [1.82, 2.24) is 25.2 Å². The number of thioether (sulfide) groups is 1. The molecule has 4 rings (SSSR count). The summed E-state index contributed by atoms with van der Waals surface area (Å²) >= 11 is 1.37. The predicted molar refractivity (Wildman–Crippen MR) is 128 cm³/mol. The fourth-order valence-corrected chi connectivity index (χ4v) is 6.21. The molecular formula is C22H33N5O10S. The average Bonchev–Trinajstić information content (AvgIpc) is 3.39. The van der Waals surface area contributed by atoms with Gasteiger partial charge in [-0.25, -0.2) is 14.3 Å². The molecule has 3 saturated heterocycles. The second-order valence-corrected chi connectivity index (χ2v) is 12.7. The Morgan fingerprint density at radius 3 is 2.53 bits per heavy atom. The third-order valence-electron chi connectivity index (χ3n) is 6.38. The number of fused-ring (bicyclic) bond motifs is 1. The van der Waals surface area contributed by atoms with E-state index in [2.05, 4.69) is 15.6 Å². The maximum Gasteiger partial charge on any atom is 0.408 e. The summed E-state index contributed by atoms with van der Waals surface area (Å²) in [5.74, 6) is -1.09. The van der Waals surface area contributed by atoms with Crippen LogP contribution in [0, 0.1) is 0 Å². The number of aliphatic hydroxyl groups is 4. The van der Waals surface area contributed by atoms with Crippen LogP contribution in [-0.2, 0) is 30.4 Å². The van der Waals surface area contributed by atoms with Crippen LogP contribution < -0.4 is 5.32 Å². The topological polar surface area (TPSA) is 206 Å². The summed E-state index contributed by atoms with van der Waals surface area (Å²) < 4.78 is 16.5. The molecule has 0 bridgehead atoms. The van der Waals surface area contributed by atoms with Gasteiger partial charge in [0.25, 0.3) is 0 Å². The van der Waals surface area contributed by atoms with Gasteiger partial charge in [0.15, 0.2) is 6.23 Å². The molecule has 3 fully saturated rings. The number of aliphatic hydroxyl groups excluding tert-OH is 4. The highest BCUT2D eigenvalue weighted by Gasteiger charge is 2.64. The van der Waals surface area contributed by atoms with Gasteiger partial charge in [0.2, 0.25) is 5.91 Å². The molecule has 8 atom stereocenters. The van der Waals surface area contributed by atoms with E-state index in [-0.39, 0.29) is 12.3 Å². The summed E-state index contributed by atoms with van der Waals surface area (Å²) in [6.45, 7) is 7.83. The molecule has 15 nitrogen and oxygen atoms in total. The van der Waals surface area contributed by atoms with Gasteiger partial charge >= 0.3 is 12.1 Å². The number of nitrogens with zero attached hydrogens (tertiary/aromatic N) is 4. The second kappa shape index (κ2) is 10.2. The highest BCUT2D eigenvalue weighted by atomic mass is 32.2. The first kappa shape index (κ1) is 28.5. The Kier molecular flexibility index (Phi) is 7.68. The third-order valence-corrected chi connectivity index (χ3v) is 7.96. The summed E-state index contributed by atoms with van der Waals surface area (Å²) in [4.78, 5) is 39.4. The van der Waals surface area contributed by atoms with Crippen LogP contribution in [0.2, 0.25) is 0 Å². The van der Waals surface area contributed by atoms with Crippen molar-refractivity contribution >= 4 is 29.7 Å². The predicted octanol–water partition coefficient (Wildman–Crippen LogP) is -1.75. The van der Waals surface area contributed by atoms with Crippen molar-refractivity contribution in [2.45, 2.75) is 99.7 Å². The number of aromatic nitrogens is 3. The molecule has 0 radical (unpaired) electrons. The maximum absolute atomic E-state index is 13.1. The Balaban J connectivity index is 1.37. The van der Waals surface area contributed by atoms with E-state index >= 15 is 0 Å². The molecule has 0 aliphatic carbocycles. The van der Waals surface area contributed by atoms with Crippen molar-refractivity contribution in [3.63, 3.8) is 0 Å². The van der Waals surface area contributed by atoms with Crippen molar-refractivity contribution < 1.29 is 49.0 Å². The van der Waals surface area contributed by atoms with E-state index in [1.54, 1.807) is 34.6 Å². The zero-order valence-corrected chi connectivity index (χ0v) is 22.4. The molecule has 4 heterocycles. The van der Waals surface area contributed by atoms with Gasteiger partial charge in [-0.2, -0.15) is 0 Å². The van der Waals surface area contributed by atoms with Crippen LogP contribution in [0.25, 0.3) is 0 Å². The van der Waals surface area contributed by atoms with Crippen LogP contribution in [0.1, 0.15) is 46.5 Å². The zero-order valence-electron chi connectivity index (χ0n) is 21.5. The first-order chi connectivity index (χ1) is 17.6. The highest BCUT2D eigenvalue weighted by molar-refractivity contribution is 8.01. The minimum absolute atomic E-state index is 0.190. The fourth-order valence-electron chi connectivity index (χ4n) is 4.59. The van der Waals surface area contributed by atoms with Crippen molar-refractivity contribution in [3.8, 4) is 0 Å². The summed E-state index contributed by atoms with van der Waals surface area (Å²) in [5.41, 5.74) is -0.537. The monoisotopic (exact) mass is 559 g/mol. The molecule has 3 aliphatic heterocycles. The van der Waals surface area contributed by atoms with Crippen LogP contribution in [0.4, 0.5) is 4.79 Å². The van der Waals surface area contributed by atoms with Gasteiger partial charge in [-0.1, -0.05) is 5.21 Å². The Morgan fingerprint density at radius 2 is 1.89 bits per heavy atom. The molecule has 1 aromatic rings. The summed E-state index contributed by atoms with van der Waals surface area (Å²) in [7, 11) is 0. The average molecular weight is 560 g/mol. The van der Waals surface area contributed by atoms with Gasteiger partial charge in [0.1, 0.15) is 59.8 Å². The summed E-state index contributed by atoms with van der Waals surface area (Å²) in [6, 6.07) is -1.74. The van der Waals surface area contributed by atoms with Crippen LogP contribution in [0.3, 0.4) is 0 Å². The van der Waals surface area contributed by atoms with E-state index < -0.39 is 83.0 Å². The number of alkyl carbamates (subject to hydrolysis) is 1. The van der Waals surface area contributed by atoms with E-state index in [9.17, 15) is 34.8 Å². The number of hydrogen-bond acceptors (Lipinski definition) is 13. The lowest BCUT2D eigenvalue weighted by molar-refractivity contribution is -0.254. The number of carbonyl (C=O) groups is 3. The van der Waals surface area contributed by atoms with Gasteiger partial charge < -0.3 is 44.9 Å². The summed E-state index contributed by atoms with van der Waals surface area (Å²) in [5, 5.41) is 49.4. The molecule has 0 aromatic carbocycles. The van der Waals surface area contributed by atoms with Crippen LogP contribution in [0.15, 0.2) is 6.20 Å². The highest BCUT2D eigenvalue weighted by Crippen LogP contribution is 2.51. The van der Waals surface area contributed by atoms with Crippen LogP contribution in [-0.4, -0.2) is 117 Å². The molecular weight excluding hydrogens is 526 g/mol. The minimum atomic E-state index is -1.59. The first-order valence-electron chi connectivity index (χ1n) is 12.0. The second-order valence-electron chi connectivity index (χ2n) is 10.9. The van der Waals surface area contributed by atoms with Crippen molar-refractivity contribution in [2.75, 3.05) is 6.61 Å². The number of ether oxygens (including phenoxy) is 3. The van der Waals surface area contributed by atoms with Gasteiger partial charge in [0.05, 0.1) is 12.8 Å². The Labute approximate surface area is 222 Å². The smallest absolute Gasteiger partial charge is 0.408 e. The number of amides is 2. The van der Waals surface area contributed by atoms with Gasteiger partial charge in [0, 0.05) is 4.75 Å². The van der Waals surface area contributed by atoms with Crippen molar-refractivity contribution in [2.24, 2.45) is 0 Å². The molecule has 1 aromatic heterocycles. The van der Waals surface area contributed by atoms with Crippen LogP contribution >= 0.6 is 11.8 Å². The molecule has 212 valence electrons. The van der Waals surface area contributed by atoms with E-state index in [4.69, 9.17) is 14.2 Å². The van der Waals surface area contributed by atoms with E-state index in [1.165, 1.54) is 22.9 Å². The lowest BCUT2D eigenvalue weighted by Gasteiger charge is -2.43. The van der Waals surface area contributed by atoms with Gasteiger partial charge in [-0.15, -0.1) is 16.9 Å². The van der Waals surface area contributed by atoms with Gasteiger partial charge in [-0.05, 0) is 34.6 Å². The number of rotatable bonds is 6.